The highest BCUT2D eigenvalue weighted by Crippen LogP contribution is 2.19. The molecule has 1 atom stereocenters. The zero-order valence-corrected chi connectivity index (χ0v) is 18.3. The molecule has 2 heterocycles. The summed E-state index contributed by atoms with van der Waals surface area (Å²) >= 11 is 0. The van der Waals surface area contributed by atoms with E-state index in [4.69, 9.17) is 4.98 Å². The number of benzene rings is 1. The predicted molar refractivity (Wildman–Crippen MR) is 117 cm³/mol. The minimum absolute atomic E-state index is 0.0171. The summed E-state index contributed by atoms with van der Waals surface area (Å²) in [5, 5.41) is 3.14. The predicted octanol–water partition coefficient (Wildman–Crippen LogP) is 3.22. The minimum Gasteiger partial charge on any atom is -0.354 e. The standard InChI is InChI=1S/C23H33N5O/c1-16(2)23-24-18(4)14-21(26-23)28-12-10-27(11-13-28)15-22(29)25-19(5)20-9-7-6-8-17(20)3/h6-9,14,16,19H,10-13,15H2,1-5H3,(H,25,29)/t19-/m1/s1. The zero-order chi connectivity index (χ0) is 21.0. The van der Waals surface area contributed by atoms with Gasteiger partial charge in [-0.3, -0.25) is 9.69 Å². The Labute approximate surface area is 174 Å². The fourth-order valence-electron chi connectivity index (χ4n) is 3.77. The Balaban J connectivity index is 1.52. The van der Waals surface area contributed by atoms with Gasteiger partial charge in [0.15, 0.2) is 0 Å². The zero-order valence-electron chi connectivity index (χ0n) is 18.3. The maximum atomic E-state index is 12.5. The van der Waals surface area contributed by atoms with Crippen LogP contribution in [0.1, 0.15) is 55.4 Å². The monoisotopic (exact) mass is 395 g/mol. The normalized spacial score (nSPS) is 16.1. The molecule has 1 aromatic carbocycles. The average Bonchev–Trinajstić information content (AvgIpc) is 2.68. The van der Waals surface area contributed by atoms with Gasteiger partial charge in [-0.1, -0.05) is 38.1 Å². The quantitative estimate of drug-likeness (QED) is 0.814. The van der Waals surface area contributed by atoms with E-state index in [2.05, 4.69) is 59.1 Å². The van der Waals surface area contributed by atoms with E-state index in [1.54, 1.807) is 0 Å². The van der Waals surface area contributed by atoms with E-state index < -0.39 is 0 Å². The number of hydrogen-bond acceptors (Lipinski definition) is 5. The van der Waals surface area contributed by atoms with Crippen LogP contribution in [0.4, 0.5) is 5.82 Å². The molecule has 1 fully saturated rings. The lowest BCUT2D eigenvalue weighted by molar-refractivity contribution is -0.123. The summed E-state index contributed by atoms with van der Waals surface area (Å²) in [6.07, 6.45) is 0. The summed E-state index contributed by atoms with van der Waals surface area (Å²) in [7, 11) is 0. The third-order valence-electron chi connectivity index (χ3n) is 5.47. The first-order chi connectivity index (χ1) is 13.8. The van der Waals surface area contributed by atoms with Gasteiger partial charge in [0.05, 0.1) is 12.6 Å². The van der Waals surface area contributed by atoms with Crippen LogP contribution in [0, 0.1) is 13.8 Å². The molecule has 6 heteroatoms. The van der Waals surface area contributed by atoms with Crippen molar-refractivity contribution in [2.24, 2.45) is 0 Å². The van der Waals surface area contributed by atoms with Crippen molar-refractivity contribution >= 4 is 11.7 Å². The van der Waals surface area contributed by atoms with Crippen LogP contribution in [0.15, 0.2) is 30.3 Å². The second kappa shape index (κ2) is 9.35. The van der Waals surface area contributed by atoms with Gasteiger partial charge in [0, 0.05) is 43.9 Å². The van der Waals surface area contributed by atoms with Crippen LogP contribution in [-0.4, -0.2) is 53.5 Å². The fourth-order valence-corrected chi connectivity index (χ4v) is 3.77. The molecule has 1 aliphatic rings. The van der Waals surface area contributed by atoms with Crippen LogP contribution < -0.4 is 10.2 Å². The molecule has 3 rings (SSSR count). The van der Waals surface area contributed by atoms with Gasteiger partial charge in [-0.2, -0.15) is 0 Å². The van der Waals surface area contributed by atoms with Crippen molar-refractivity contribution in [3.8, 4) is 0 Å². The van der Waals surface area contributed by atoms with E-state index in [0.29, 0.717) is 12.5 Å². The lowest BCUT2D eigenvalue weighted by Gasteiger charge is -2.35. The number of aromatic nitrogens is 2. The molecular weight excluding hydrogens is 362 g/mol. The van der Waals surface area contributed by atoms with Crippen LogP contribution >= 0.6 is 0 Å². The lowest BCUT2D eigenvalue weighted by atomic mass is 10.0. The van der Waals surface area contributed by atoms with Gasteiger partial charge < -0.3 is 10.2 Å². The molecule has 1 aromatic heterocycles. The molecule has 1 N–H and O–H groups in total. The number of rotatable bonds is 6. The SMILES string of the molecule is Cc1cc(N2CCN(CC(=O)N[C@H](C)c3ccccc3C)CC2)nc(C(C)C)n1. The van der Waals surface area contributed by atoms with E-state index in [-0.39, 0.29) is 11.9 Å². The summed E-state index contributed by atoms with van der Waals surface area (Å²) in [5.41, 5.74) is 3.38. The first kappa shape index (κ1) is 21.2. The largest absolute Gasteiger partial charge is 0.354 e. The topological polar surface area (TPSA) is 61.4 Å². The number of aryl methyl sites for hydroxylation is 2. The summed E-state index contributed by atoms with van der Waals surface area (Å²) < 4.78 is 0. The first-order valence-electron chi connectivity index (χ1n) is 10.5. The molecule has 6 nitrogen and oxygen atoms in total. The molecule has 0 bridgehead atoms. The number of piperazine rings is 1. The summed E-state index contributed by atoms with van der Waals surface area (Å²) in [6.45, 7) is 14.3. The van der Waals surface area contributed by atoms with Crippen molar-refractivity contribution in [1.29, 1.82) is 0 Å². The summed E-state index contributed by atoms with van der Waals surface area (Å²) in [6, 6.07) is 10.3. The maximum Gasteiger partial charge on any atom is 0.234 e. The van der Waals surface area contributed by atoms with Crippen molar-refractivity contribution in [3.63, 3.8) is 0 Å². The number of hydrogen-bond donors (Lipinski definition) is 1. The van der Waals surface area contributed by atoms with Crippen LogP contribution in [0.2, 0.25) is 0 Å². The average molecular weight is 396 g/mol. The van der Waals surface area contributed by atoms with E-state index in [1.165, 1.54) is 11.1 Å². The molecule has 0 radical (unpaired) electrons. The van der Waals surface area contributed by atoms with Gasteiger partial charge in [0.25, 0.3) is 0 Å². The number of amides is 1. The van der Waals surface area contributed by atoms with Crippen molar-refractivity contribution in [3.05, 3.63) is 53.0 Å². The van der Waals surface area contributed by atoms with Crippen molar-refractivity contribution in [1.82, 2.24) is 20.2 Å². The third kappa shape index (κ3) is 5.54. The first-order valence-corrected chi connectivity index (χ1v) is 10.5. The second-order valence-electron chi connectivity index (χ2n) is 8.29. The molecule has 1 amide bonds. The number of anilines is 1. The molecule has 1 saturated heterocycles. The molecule has 0 saturated carbocycles. The van der Waals surface area contributed by atoms with Crippen LogP contribution in [0.5, 0.6) is 0 Å². The summed E-state index contributed by atoms with van der Waals surface area (Å²) in [4.78, 5) is 26.3. The number of nitrogens with zero attached hydrogens (tertiary/aromatic N) is 4. The van der Waals surface area contributed by atoms with E-state index in [9.17, 15) is 4.79 Å². The Hall–Kier alpha value is -2.47. The lowest BCUT2D eigenvalue weighted by Crippen LogP contribution is -2.50. The molecule has 2 aromatic rings. The fraction of sp³-hybridized carbons (Fsp3) is 0.522. The van der Waals surface area contributed by atoms with Crippen molar-refractivity contribution in [2.75, 3.05) is 37.6 Å². The van der Waals surface area contributed by atoms with Crippen LogP contribution in [-0.2, 0) is 4.79 Å². The van der Waals surface area contributed by atoms with Gasteiger partial charge in [-0.15, -0.1) is 0 Å². The number of nitrogens with one attached hydrogen (secondary N) is 1. The Morgan fingerprint density at radius 1 is 1.07 bits per heavy atom. The molecule has 0 aliphatic carbocycles. The smallest absolute Gasteiger partial charge is 0.234 e. The molecule has 0 spiro atoms. The highest BCUT2D eigenvalue weighted by molar-refractivity contribution is 5.78. The van der Waals surface area contributed by atoms with E-state index in [0.717, 1.165) is 43.5 Å². The highest BCUT2D eigenvalue weighted by atomic mass is 16.2. The van der Waals surface area contributed by atoms with Crippen LogP contribution in [0.3, 0.4) is 0 Å². The Morgan fingerprint density at radius 3 is 2.41 bits per heavy atom. The van der Waals surface area contributed by atoms with Gasteiger partial charge in [0.2, 0.25) is 5.91 Å². The highest BCUT2D eigenvalue weighted by Gasteiger charge is 2.22. The van der Waals surface area contributed by atoms with Gasteiger partial charge in [0.1, 0.15) is 11.6 Å². The van der Waals surface area contributed by atoms with Crippen molar-refractivity contribution < 1.29 is 4.79 Å². The minimum atomic E-state index is 0.0171. The molecule has 156 valence electrons. The molecule has 1 aliphatic heterocycles. The number of carbonyl (C=O) groups is 1. The Bertz CT molecular complexity index is 843. The Morgan fingerprint density at radius 2 is 1.76 bits per heavy atom. The number of carbonyl (C=O) groups excluding carboxylic acids is 1. The summed E-state index contributed by atoms with van der Waals surface area (Å²) in [5.74, 6) is 2.29. The molecular formula is C23H33N5O. The van der Waals surface area contributed by atoms with E-state index >= 15 is 0 Å². The van der Waals surface area contributed by atoms with Gasteiger partial charge in [-0.25, -0.2) is 9.97 Å². The second-order valence-corrected chi connectivity index (χ2v) is 8.29. The van der Waals surface area contributed by atoms with Crippen LogP contribution in [0.25, 0.3) is 0 Å². The van der Waals surface area contributed by atoms with Gasteiger partial charge >= 0.3 is 0 Å². The maximum absolute atomic E-state index is 12.5. The third-order valence-corrected chi connectivity index (χ3v) is 5.47. The van der Waals surface area contributed by atoms with E-state index in [1.807, 2.05) is 26.0 Å². The Kier molecular flexibility index (Phi) is 6.85. The van der Waals surface area contributed by atoms with Crippen molar-refractivity contribution in [2.45, 2.75) is 46.6 Å². The molecule has 29 heavy (non-hydrogen) atoms. The molecule has 0 unspecified atom stereocenters. The van der Waals surface area contributed by atoms with Gasteiger partial charge in [-0.05, 0) is 31.9 Å².